The number of carbonyl (C=O) groups is 2. The molecule has 1 fully saturated rings. The molecule has 0 atom stereocenters. The van der Waals surface area contributed by atoms with Gasteiger partial charge in [0.25, 0.3) is 5.69 Å². The largest absolute Gasteiger partial charge is 0.478 e. The number of nitro groups is 1. The van der Waals surface area contributed by atoms with Crippen molar-refractivity contribution >= 4 is 17.6 Å². The average Bonchev–Trinajstić information content (AvgIpc) is 3.37. The Morgan fingerprint density at radius 2 is 1.67 bits per heavy atom. The van der Waals surface area contributed by atoms with E-state index in [9.17, 15) is 24.8 Å². The Hall–Kier alpha value is -4.11. The number of aromatic carboxylic acids is 1. The second-order valence-corrected chi connectivity index (χ2v) is 8.48. The average molecular weight is 492 g/mol. The van der Waals surface area contributed by atoms with Gasteiger partial charge in [-0.25, -0.2) is 9.59 Å². The molecule has 1 saturated heterocycles. The van der Waals surface area contributed by atoms with Gasteiger partial charge in [0.1, 0.15) is 0 Å². The zero-order valence-electron chi connectivity index (χ0n) is 20.6. The van der Waals surface area contributed by atoms with Crippen LogP contribution in [0.15, 0.2) is 54.6 Å². The normalized spacial score (nSPS) is 13.0. The number of esters is 1. The number of ether oxygens (including phenoxy) is 1. The first-order valence-corrected chi connectivity index (χ1v) is 11.6. The Morgan fingerprint density at radius 3 is 2.25 bits per heavy atom. The highest BCUT2D eigenvalue weighted by Gasteiger charge is 2.27. The molecule has 2 aromatic carbocycles. The zero-order chi connectivity index (χ0) is 26.2. The molecule has 0 radical (unpaired) electrons. The van der Waals surface area contributed by atoms with Crippen LogP contribution in [0.5, 0.6) is 0 Å². The standard InChI is InChI=1S/C16H14N2O6.C11H15N/c1-8-12(15(19)20)14(13(9(2)17-8)16(21)24-3)10-5-4-6-11(7-10)18(22)23;1-2-6-11(7-3-1)10-12-8-4-5-9-12/h4-7H,1-3H3,(H,19,20);1-3,6-7H,4-5,8-10H2. The van der Waals surface area contributed by atoms with Crippen molar-refractivity contribution < 1.29 is 24.4 Å². The lowest BCUT2D eigenvalue weighted by Crippen LogP contribution is -2.18. The predicted molar refractivity (Wildman–Crippen MR) is 135 cm³/mol. The van der Waals surface area contributed by atoms with Crippen molar-refractivity contribution in [1.82, 2.24) is 9.88 Å². The number of benzene rings is 2. The number of carboxylic acids is 1. The summed E-state index contributed by atoms with van der Waals surface area (Å²) >= 11 is 0. The molecule has 0 spiro atoms. The highest BCUT2D eigenvalue weighted by molar-refractivity contribution is 6.06. The molecule has 3 aromatic rings. The molecule has 2 heterocycles. The van der Waals surface area contributed by atoms with Gasteiger partial charge in [-0.15, -0.1) is 0 Å². The molecule has 9 heteroatoms. The molecule has 36 heavy (non-hydrogen) atoms. The van der Waals surface area contributed by atoms with Gasteiger partial charge in [-0.05, 0) is 50.9 Å². The van der Waals surface area contributed by atoms with Crippen LogP contribution in [0.25, 0.3) is 11.1 Å². The van der Waals surface area contributed by atoms with Crippen molar-refractivity contribution in [3.63, 3.8) is 0 Å². The summed E-state index contributed by atoms with van der Waals surface area (Å²) in [5.41, 5.74) is 1.78. The van der Waals surface area contributed by atoms with Crippen molar-refractivity contribution in [1.29, 1.82) is 0 Å². The first-order chi connectivity index (χ1) is 17.2. The summed E-state index contributed by atoms with van der Waals surface area (Å²) in [4.78, 5) is 40.8. The number of aromatic nitrogens is 1. The number of carbonyl (C=O) groups excluding carboxylic acids is 1. The van der Waals surface area contributed by atoms with E-state index in [-0.39, 0.29) is 39.3 Å². The van der Waals surface area contributed by atoms with Gasteiger partial charge in [0, 0.05) is 24.2 Å². The van der Waals surface area contributed by atoms with E-state index in [1.165, 1.54) is 69.8 Å². The predicted octanol–water partition coefficient (Wildman–Crippen LogP) is 5.04. The smallest absolute Gasteiger partial charge is 0.340 e. The third-order valence-electron chi connectivity index (χ3n) is 5.96. The fourth-order valence-corrected chi connectivity index (χ4v) is 4.31. The summed E-state index contributed by atoms with van der Waals surface area (Å²) in [7, 11) is 1.17. The fourth-order valence-electron chi connectivity index (χ4n) is 4.31. The van der Waals surface area contributed by atoms with Crippen LogP contribution in [0.4, 0.5) is 5.69 Å². The maximum atomic E-state index is 12.1. The summed E-state index contributed by atoms with van der Waals surface area (Å²) < 4.78 is 4.73. The van der Waals surface area contributed by atoms with Gasteiger partial charge >= 0.3 is 11.9 Å². The number of non-ortho nitro benzene ring substituents is 1. The molecule has 1 aliphatic rings. The van der Waals surface area contributed by atoms with Crippen molar-refractivity contribution in [2.75, 3.05) is 20.2 Å². The van der Waals surface area contributed by atoms with Gasteiger partial charge in [0.15, 0.2) is 0 Å². The Morgan fingerprint density at radius 1 is 1.03 bits per heavy atom. The number of pyridine rings is 1. The van der Waals surface area contributed by atoms with E-state index in [2.05, 4.69) is 40.2 Å². The molecule has 0 saturated carbocycles. The minimum absolute atomic E-state index is 0.0269. The Balaban J connectivity index is 0.000000249. The van der Waals surface area contributed by atoms with Crippen LogP contribution in [0, 0.1) is 24.0 Å². The van der Waals surface area contributed by atoms with E-state index in [4.69, 9.17) is 4.74 Å². The number of nitro benzene ring substituents is 1. The monoisotopic (exact) mass is 491 g/mol. The van der Waals surface area contributed by atoms with E-state index < -0.39 is 16.9 Å². The summed E-state index contributed by atoms with van der Waals surface area (Å²) in [6, 6.07) is 16.1. The van der Waals surface area contributed by atoms with E-state index in [1.807, 2.05) is 0 Å². The molecule has 0 bridgehead atoms. The van der Waals surface area contributed by atoms with E-state index >= 15 is 0 Å². The molecule has 188 valence electrons. The molecule has 1 N–H and O–H groups in total. The molecule has 1 aliphatic heterocycles. The van der Waals surface area contributed by atoms with Gasteiger partial charge in [0.05, 0.1) is 34.5 Å². The molecular weight excluding hydrogens is 462 g/mol. The van der Waals surface area contributed by atoms with Crippen molar-refractivity contribution in [3.8, 4) is 11.1 Å². The van der Waals surface area contributed by atoms with E-state index in [0.29, 0.717) is 0 Å². The van der Waals surface area contributed by atoms with Crippen molar-refractivity contribution in [2.45, 2.75) is 33.2 Å². The first-order valence-electron chi connectivity index (χ1n) is 11.6. The molecule has 4 rings (SSSR count). The van der Waals surface area contributed by atoms with Crippen LogP contribution >= 0.6 is 0 Å². The van der Waals surface area contributed by atoms with Crippen LogP contribution in [-0.2, 0) is 11.3 Å². The van der Waals surface area contributed by atoms with E-state index in [1.54, 1.807) is 6.92 Å². The van der Waals surface area contributed by atoms with Crippen LogP contribution in [0.3, 0.4) is 0 Å². The third kappa shape index (κ3) is 6.31. The van der Waals surface area contributed by atoms with Gasteiger partial charge in [0.2, 0.25) is 0 Å². The SMILES string of the molecule is COC(=O)c1c(C)nc(C)c(C(=O)O)c1-c1cccc([N+](=O)[O-])c1.c1ccc(CN2CCCC2)cc1. The summed E-state index contributed by atoms with van der Waals surface area (Å²) in [6.45, 7) is 6.76. The molecular formula is C27H29N3O6. The van der Waals surface area contributed by atoms with Crippen LogP contribution < -0.4 is 0 Å². The number of methoxy groups -OCH3 is 1. The topological polar surface area (TPSA) is 123 Å². The Bertz CT molecular complexity index is 1250. The van der Waals surface area contributed by atoms with Gasteiger partial charge in [-0.1, -0.05) is 42.5 Å². The highest BCUT2D eigenvalue weighted by atomic mass is 16.6. The molecule has 0 aliphatic carbocycles. The lowest BCUT2D eigenvalue weighted by Gasteiger charge is -2.15. The van der Waals surface area contributed by atoms with Gasteiger partial charge in [-0.2, -0.15) is 0 Å². The third-order valence-corrected chi connectivity index (χ3v) is 5.96. The quantitative estimate of drug-likeness (QED) is 0.289. The fraction of sp³-hybridized carbons (Fsp3) is 0.296. The number of carboxylic acid groups (broad SMARTS) is 1. The first kappa shape index (κ1) is 26.5. The number of rotatable bonds is 6. The Labute approximate surface area is 209 Å². The molecule has 1 aromatic heterocycles. The van der Waals surface area contributed by atoms with E-state index in [0.717, 1.165) is 6.54 Å². The minimum atomic E-state index is -1.29. The number of aryl methyl sites for hydroxylation is 2. The number of likely N-dealkylation sites (tertiary alicyclic amines) is 1. The number of hydrogen-bond acceptors (Lipinski definition) is 7. The van der Waals surface area contributed by atoms with Gasteiger partial charge in [-0.3, -0.25) is 20.0 Å². The lowest BCUT2D eigenvalue weighted by molar-refractivity contribution is -0.384. The maximum absolute atomic E-state index is 12.1. The number of hydrogen-bond donors (Lipinski definition) is 1. The van der Waals surface area contributed by atoms with Crippen LogP contribution in [0.2, 0.25) is 0 Å². The molecule has 9 nitrogen and oxygen atoms in total. The second kappa shape index (κ2) is 12.0. The highest BCUT2D eigenvalue weighted by Crippen LogP contribution is 2.33. The maximum Gasteiger partial charge on any atom is 0.340 e. The Kier molecular flexibility index (Phi) is 8.86. The van der Waals surface area contributed by atoms with Crippen molar-refractivity contribution in [2.24, 2.45) is 0 Å². The zero-order valence-corrected chi connectivity index (χ0v) is 20.6. The van der Waals surface area contributed by atoms with Crippen molar-refractivity contribution in [3.05, 3.63) is 92.8 Å². The molecule has 0 unspecified atom stereocenters. The van der Waals surface area contributed by atoms with Crippen LogP contribution in [-0.4, -0.2) is 52.1 Å². The minimum Gasteiger partial charge on any atom is -0.478 e. The van der Waals surface area contributed by atoms with Crippen LogP contribution in [0.1, 0.15) is 50.5 Å². The van der Waals surface area contributed by atoms with Gasteiger partial charge < -0.3 is 9.84 Å². The molecule has 0 amide bonds. The summed E-state index contributed by atoms with van der Waals surface area (Å²) in [5, 5.41) is 20.5. The second-order valence-electron chi connectivity index (χ2n) is 8.48. The lowest BCUT2D eigenvalue weighted by atomic mass is 9.92. The summed E-state index contributed by atoms with van der Waals surface area (Å²) in [5.74, 6) is -2.05. The summed E-state index contributed by atoms with van der Waals surface area (Å²) in [6.07, 6.45) is 2.76. The number of nitrogens with zero attached hydrogens (tertiary/aromatic N) is 3.